The molecule has 170 valence electrons. The number of amides is 3. The van der Waals surface area contributed by atoms with Crippen LogP contribution in [0.25, 0.3) is 10.9 Å². The number of nitrogens with two attached hydrogens (primary N) is 1. The molecule has 0 aliphatic carbocycles. The Bertz CT molecular complexity index is 916. The first kappa shape index (κ1) is 24.2. The number of fused-ring (bicyclic) bond motifs is 1. The van der Waals surface area contributed by atoms with Gasteiger partial charge in [-0.25, -0.2) is 10.6 Å². The van der Waals surface area contributed by atoms with E-state index >= 15 is 0 Å². The topological polar surface area (TPSA) is 138 Å². The maximum atomic E-state index is 13.1. The van der Waals surface area contributed by atoms with Gasteiger partial charge in [0.1, 0.15) is 17.7 Å². The lowest BCUT2D eigenvalue weighted by Gasteiger charge is -2.25. The molecule has 2 rings (SSSR count). The van der Waals surface area contributed by atoms with Gasteiger partial charge in [0.05, 0.1) is 0 Å². The zero-order chi connectivity index (χ0) is 23.2. The quantitative estimate of drug-likeness (QED) is 0.248. The van der Waals surface area contributed by atoms with E-state index in [0.29, 0.717) is 6.42 Å². The first-order chi connectivity index (χ1) is 14.5. The van der Waals surface area contributed by atoms with E-state index in [-0.39, 0.29) is 12.3 Å². The molecule has 1 aromatic carbocycles. The summed E-state index contributed by atoms with van der Waals surface area (Å²) in [5, 5.41) is 6.31. The number of hydrogen-bond donors (Lipinski definition) is 5. The molecule has 3 amide bonds. The van der Waals surface area contributed by atoms with Crippen LogP contribution < -0.4 is 21.9 Å². The summed E-state index contributed by atoms with van der Waals surface area (Å²) >= 11 is 0. The molecule has 0 bridgehead atoms. The fourth-order valence-corrected chi connectivity index (χ4v) is 3.26. The van der Waals surface area contributed by atoms with Crippen molar-refractivity contribution in [2.24, 2.45) is 11.8 Å². The molecule has 9 nitrogen and oxygen atoms in total. The van der Waals surface area contributed by atoms with Gasteiger partial charge in [0.25, 0.3) is 5.91 Å². The number of H-pyrrole nitrogens is 1. The van der Waals surface area contributed by atoms with Gasteiger partial charge in [-0.2, -0.15) is 0 Å². The van der Waals surface area contributed by atoms with Gasteiger partial charge in [0, 0.05) is 23.5 Å². The van der Waals surface area contributed by atoms with Crippen LogP contribution in [0.15, 0.2) is 30.5 Å². The van der Waals surface area contributed by atoms with Crippen LogP contribution >= 0.6 is 0 Å². The van der Waals surface area contributed by atoms with E-state index in [1.807, 2.05) is 38.1 Å². The molecular weight excluding hydrogens is 398 g/mol. The van der Waals surface area contributed by atoms with Crippen molar-refractivity contribution in [2.45, 2.75) is 65.1 Å². The van der Waals surface area contributed by atoms with Crippen molar-refractivity contribution in [1.82, 2.24) is 21.0 Å². The lowest BCUT2D eigenvalue weighted by atomic mass is 10.0. The second-order valence-corrected chi connectivity index (χ2v) is 8.96. The minimum absolute atomic E-state index is 0.147. The summed E-state index contributed by atoms with van der Waals surface area (Å²) < 4.78 is 5.33. The lowest BCUT2D eigenvalue weighted by Crippen LogP contribution is -2.56. The van der Waals surface area contributed by atoms with Crippen molar-refractivity contribution in [3.05, 3.63) is 36.0 Å². The van der Waals surface area contributed by atoms with Crippen LogP contribution in [0.3, 0.4) is 0 Å². The number of ether oxygens (including phenoxy) is 1. The number of hydrazine groups is 1. The lowest BCUT2D eigenvalue weighted by molar-refractivity contribution is -0.130. The summed E-state index contributed by atoms with van der Waals surface area (Å²) in [4.78, 5) is 40.8. The Hall–Kier alpha value is -3.07. The highest BCUT2D eigenvalue weighted by atomic mass is 16.6. The number of hydrogen-bond acceptors (Lipinski definition) is 5. The summed E-state index contributed by atoms with van der Waals surface area (Å²) in [6, 6.07) is 5.92. The smallest absolute Gasteiger partial charge is 0.408 e. The Morgan fingerprint density at radius 1 is 1.06 bits per heavy atom. The van der Waals surface area contributed by atoms with Crippen molar-refractivity contribution >= 4 is 28.8 Å². The first-order valence-electron chi connectivity index (χ1n) is 10.4. The van der Waals surface area contributed by atoms with Gasteiger partial charge in [-0.15, -0.1) is 0 Å². The van der Waals surface area contributed by atoms with Crippen molar-refractivity contribution < 1.29 is 19.1 Å². The molecule has 31 heavy (non-hydrogen) atoms. The van der Waals surface area contributed by atoms with Gasteiger partial charge in [-0.05, 0) is 44.7 Å². The number of alkyl carbamates (subject to hydrolysis) is 1. The number of nitrogens with one attached hydrogen (secondary N) is 4. The fourth-order valence-electron chi connectivity index (χ4n) is 3.26. The van der Waals surface area contributed by atoms with Crippen LogP contribution in [0.2, 0.25) is 0 Å². The minimum atomic E-state index is -0.950. The van der Waals surface area contributed by atoms with Crippen LogP contribution in [-0.4, -0.2) is 40.6 Å². The average molecular weight is 432 g/mol. The molecule has 0 aliphatic heterocycles. The first-order valence-corrected chi connectivity index (χ1v) is 10.4. The summed E-state index contributed by atoms with van der Waals surface area (Å²) in [6.07, 6.45) is 1.71. The molecule has 0 saturated carbocycles. The molecule has 1 aromatic heterocycles. The summed E-state index contributed by atoms with van der Waals surface area (Å²) in [6.45, 7) is 9.10. The van der Waals surface area contributed by atoms with E-state index in [2.05, 4.69) is 21.0 Å². The number of para-hydroxylation sites is 1. The van der Waals surface area contributed by atoms with Crippen LogP contribution in [0.1, 0.15) is 46.6 Å². The maximum Gasteiger partial charge on any atom is 0.408 e. The molecule has 6 N–H and O–H groups in total. The second kappa shape index (κ2) is 10.3. The summed E-state index contributed by atoms with van der Waals surface area (Å²) in [5.74, 6) is 4.43. The van der Waals surface area contributed by atoms with E-state index in [9.17, 15) is 14.4 Å². The van der Waals surface area contributed by atoms with Crippen LogP contribution in [0.5, 0.6) is 0 Å². The number of benzene rings is 1. The predicted octanol–water partition coefficient (Wildman–Crippen LogP) is 2.12. The molecule has 2 unspecified atom stereocenters. The number of aromatic amines is 1. The molecule has 0 radical (unpaired) electrons. The van der Waals surface area contributed by atoms with E-state index in [0.717, 1.165) is 16.5 Å². The summed E-state index contributed by atoms with van der Waals surface area (Å²) in [7, 11) is 0. The number of carbonyl (C=O) groups is 3. The summed E-state index contributed by atoms with van der Waals surface area (Å²) in [5.41, 5.74) is 3.15. The fraction of sp³-hybridized carbons (Fsp3) is 0.500. The number of carbonyl (C=O) groups excluding carboxylic acids is 3. The van der Waals surface area contributed by atoms with Crippen LogP contribution in [0, 0.1) is 5.92 Å². The predicted molar refractivity (Wildman–Crippen MR) is 119 cm³/mol. The molecule has 2 atom stereocenters. The molecule has 9 heteroatoms. The Labute approximate surface area is 182 Å². The Kier molecular flexibility index (Phi) is 8.04. The molecule has 2 aromatic rings. The largest absolute Gasteiger partial charge is 0.444 e. The average Bonchev–Trinajstić information content (AvgIpc) is 3.07. The van der Waals surface area contributed by atoms with Crippen molar-refractivity contribution in [3.63, 3.8) is 0 Å². The van der Waals surface area contributed by atoms with Crippen LogP contribution in [-0.2, 0) is 20.7 Å². The van der Waals surface area contributed by atoms with Crippen molar-refractivity contribution in [3.8, 4) is 0 Å². The van der Waals surface area contributed by atoms with Gasteiger partial charge >= 0.3 is 6.09 Å². The standard InChI is InChI=1S/C22H33N5O4/c1-13(2)10-17(20(29)27-23)25-19(28)18(26-21(30)31-22(3,4)5)11-14-12-24-16-9-7-6-8-15(14)16/h6-9,12-13,17-18,24H,10-11,23H2,1-5H3,(H,25,28)(H,26,30)(H,27,29). The molecule has 0 fully saturated rings. The third-order valence-corrected chi connectivity index (χ3v) is 4.59. The van der Waals surface area contributed by atoms with E-state index in [1.165, 1.54) is 0 Å². The van der Waals surface area contributed by atoms with Crippen LogP contribution in [0.4, 0.5) is 4.79 Å². The Morgan fingerprint density at radius 2 is 1.74 bits per heavy atom. The third-order valence-electron chi connectivity index (χ3n) is 4.59. The minimum Gasteiger partial charge on any atom is -0.444 e. The SMILES string of the molecule is CC(C)CC(NC(=O)C(Cc1c[nH]c2ccccc12)NC(=O)OC(C)(C)C)C(=O)NN. The van der Waals surface area contributed by atoms with Gasteiger partial charge in [0.15, 0.2) is 0 Å². The highest BCUT2D eigenvalue weighted by Gasteiger charge is 2.29. The van der Waals surface area contributed by atoms with E-state index < -0.39 is 35.6 Å². The van der Waals surface area contributed by atoms with Gasteiger partial charge in [0.2, 0.25) is 5.91 Å². The Morgan fingerprint density at radius 3 is 2.35 bits per heavy atom. The molecule has 0 aliphatic rings. The molecule has 1 heterocycles. The second-order valence-electron chi connectivity index (χ2n) is 8.96. The Balaban J connectivity index is 2.25. The molecule has 0 saturated heterocycles. The molecular formula is C22H33N5O4. The zero-order valence-corrected chi connectivity index (χ0v) is 18.7. The van der Waals surface area contributed by atoms with Gasteiger partial charge in [-0.3, -0.25) is 15.0 Å². The molecule has 0 spiro atoms. The van der Waals surface area contributed by atoms with Crippen molar-refractivity contribution in [1.29, 1.82) is 0 Å². The monoisotopic (exact) mass is 431 g/mol. The highest BCUT2D eigenvalue weighted by molar-refractivity contribution is 5.92. The number of aromatic nitrogens is 1. The van der Waals surface area contributed by atoms with Crippen molar-refractivity contribution in [2.75, 3.05) is 0 Å². The zero-order valence-electron chi connectivity index (χ0n) is 18.7. The van der Waals surface area contributed by atoms with E-state index in [1.54, 1.807) is 27.0 Å². The highest BCUT2D eigenvalue weighted by Crippen LogP contribution is 2.19. The van der Waals surface area contributed by atoms with Gasteiger partial charge < -0.3 is 20.4 Å². The number of rotatable bonds is 8. The van der Waals surface area contributed by atoms with Gasteiger partial charge in [-0.1, -0.05) is 32.0 Å². The van der Waals surface area contributed by atoms with E-state index in [4.69, 9.17) is 10.6 Å². The third kappa shape index (κ3) is 7.29. The maximum absolute atomic E-state index is 13.1. The normalized spacial score (nSPS) is 13.5.